The maximum absolute atomic E-state index is 10.6. The summed E-state index contributed by atoms with van der Waals surface area (Å²) in [6, 6.07) is -0.620. The summed E-state index contributed by atoms with van der Waals surface area (Å²) < 4.78 is 0. The first-order valence-electron chi connectivity index (χ1n) is 3.25. The summed E-state index contributed by atoms with van der Waals surface area (Å²) in [4.78, 5) is 21.1. The van der Waals surface area contributed by atoms with Crippen LogP contribution in [0.15, 0.2) is 12.7 Å². The number of primary amides is 1. The van der Waals surface area contributed by atoms with E-state index in [1.807, 2.05) is 0 Å². The molecule has 4 heteroatoms. The van der Waals surface area contributed by atoms with Crippen molar-refractivity contribution in [1.29, 1.82) is 0 Å². The van der Waals surface area contributed by atoms with Gasteiger partial charge in [-0.05, 0) is 6.42 Å². The molecule has 0 aliphatic heterocycles. The Labute approximate surface area is 65.5 Å². The Morgan fingerprint density at radius 3 is 2.55 bits per heavy atom. The molecule has 1 atom stereocenters. The van der Waals surface area contributed by atoms with E-state index in [9.17, 15) is 9.59 Å². The Kier molecular flexibility index (Phi) is 3.95. The maximum atomic E-state index is 10.6. The van der Waals surface area contributed by atoms with Gasteiger partial charge in [-0.25, -0.2) is 0 Å². The summed E-state index contributed by atoms with van der Waals surface area (Å²) in [5.74, 6) is -0.809. The Morgan fingerprint density at radius 1 is 1.73 bits per heavy atom. The second kappa shape index (κ2) is 4.49. The van der Waals surface area contributed by atoms with Crippen molar-refractivity contribution in [2.45, 2.75) is 19.4 Å². The topological polar surface area (TPSA) is 72.2 Å². The Hall–Kier alpha value is -1.32. The fourth-order valence-electron chi connectivity index (χ4n) is 0.658. The lowest BCUT2D eigenvalue weighted by Gasteiger charge is -2.10. The lowest BCUT2D eigenvalue weighted by Crippen LogP contribution is -2.43. The van der Waals surface area contributed by atoms with Crippen molar-refractivity contribution in [2.24, 2.45) is 5.73 Å². The number of rotatable bonds is 4. The molecule has 0 saturated carbocycles. The van der Waals surface area contributed by atoms with Gasteiger partial charge in [0.25, 0.3) is 0 Å². The number of nitrogens with two attached hydrogens (primary N) is 1. The van der Waals surface area contributed by atoms with Gasteiger partial charge in [0.05, 0.1) is 0 Å². The molecule has 0 bridgehead atoms. The fraction of sp³-hybridized carbons (Fsp3) is 0.429. The zero-order chi connectivity index (χ0) is 8.85. The minimum Gasteiger partial charge on any atom is -0.368 e. The second-order valence-corrected chi connectivity index (χ2v) is 2.18. The third kappa shape index (κ3) is 4.13. The van der Waals surface area contributed by atoms with Crippen LogP contribution in [0.4, 0.5) is 0 Å². The van der Waals surface area contributed by atoms with Gasteiger partial charge >= 0.3 is 0 Å². The van der Waals surface area contributed by atoms with Crippen molar-refractivity contribution in [3.05, 3.63) is 12.7 Å². The number of amides is 2. The molecule has 0 aliphatic carbocycles. The van der Waals surface area contributed by atoms with Crippen molar-refractivity contribution >= 4 is 11.8 Å². The quantitative estimate of drug-likeness (QED) is 0.541. The van der Waals surface area contributed by atoms with Crippen LogP contribution >= 0.6 is 0 Å². The summed E-state index contributed by atoms with van der Waals surface area (Å²) >= 11 is 0. The summed E-state index contributed by atoms with van der Waals surface area (Å²) in [5.41, 5.74) is 4.97. The van der Waals surface area contributed by atoms with Crippen LogP contribution in [0, 0.1) is 0 Å². The molecule has 0 fully saturated rings. The SMILES string of the molecule is C=CCC(NC(C)=O)C(N)=O. The van der Waals surface area contributed by atoms with Gasteiger partial charge in [-0.2, -0.15) is 0 Å². The molecule has 4 nitrogen and oxygen atoms in total. The number of hydrogen-bond acceptors (Lipinski definition) is 2. The molecule has 62 valence electrons. The van der Waals surface area contributed by atoms with Crippen molar-refractivity contribution in [3.63, 3.8) is 0 Å². The van der Waals surface area contributed by atoms with Gasteiger partial charge in [0.2, 0.25) is 11.8 Å². The first-order chi connectivity index (χ1) is 5.07. The van der Waals surface area contributed by atoms with E-state index in [0.29, 0.717) is 6.42 Å². The standard InChI is InChI=1S/C7H12N2O2/c1-3-4-6(7(8)11)9-5(2)10/h3,6H,1,4H2,2H3,(H2,8,11)(H,9,10). The first kappa shape index (κ1) is 9.68. The van der Waals surface area contributed by atoms with Gasteiger partial charge in [-0.1, -0.05) is 6.08 Å². The number of carbonyl (C=O) groups is 2. The van der Waals surface area contributed by atoms with E-state index in [-0.39, 0.29) is 5.91 Å². The van der Waals surface area contributed by atoms with Crippen molar-refractivity contribution in [1.82, 2.24) is 5.32 Å². The van der Waals surface area contributed by atoms with Crippen molar-refractivity contribution < 1.29 is 9.59 Å². The van der Waals surface area contributed by atoms with Gasteiger partial charge in [0.15, 0.2) is 0 Å². The van der Waals surface area contributed by atoms with E-state index >= 15 is 0 Å². The monoisotopic (exact) mass is 156 g/mol. The van der Waals surface area contributed by atoms with E-state index in [2.05, 4.69) is 11.9 Å². The molecule has 3 N–H and O–H groups in total. The van der Waals surface area contributed by atoms with Gasteiger partial charge in [-0.15, -0.1) is 6.58 Å². The number of nitrogens with one attached hydrogen (secondary N) is 1. The van der Waals surface area contributed by atoms with Crippen LogP contribution < -0.4 is 11.1 Å². The molecule has 0 spiro atoms. The lowest BCUT2D eigenvalue weighted by molar-refractivity contribution is -0.126. The molecule has 11 heavy (non-hydrogen) atoms. The molecule has 0 rings (SSSR count). The van der Waals surface area contributed by atoms with Crippen LogP contribution in [-0.4, -0.2) is 17.9 Å². The van der Waals surface area contributed by atoms with E-state index < -0.39 is 11.9 Å². The molecule has 0 heterocycles. The fourth-order valence-corrected chi connectivity index (χ4v) is 0.658. The molecule has 0 aliphatic rings. The van der Waals surface area contributed by atoms with E-state index in [4.69, 9.17) is 5.73 Å². The average Bonchev–Trinajstić information content (AvgIpc) is 1.86. The van der Waals surface area contributed by atoms with Crippen molar-refractivity contribution in [3.8, 4) is 0 Å². The smallest absolute Gasteiger partial charge is 0.240 e. The van der Waals surface area contributed by atoms with Crippen LogP contribution in [0.25, 0.3) is 0 Å². The predicted molar refractivity (Wildman–Crippen MR) is 41.6 cm³/mol. The van der Waals surface area contributed by atoms with E-state index in [1.165, 1.54) is 13.0 Å². The Bertz CT molecular complexity index is 177. The second-order valence-electron chi connectivity index (χ2n) is 2.18. The summed E-state index contributed by atoms with van der Waals surface area (Å²) in [5, 5.41) is 2.40. The molecule has 0 aromatic heterocycles. The highest BCUT2D eigenvalue weighted by Gasteiger charge is 2.13. The molecule has 1 unspecified atom stereocenters. The molecular formula is C7H12N2O2. The van der Waals surface area contributed by atoms with Crippen molar-refractivity contribution in [2.75, 3.05) is 0 Å². The molecule has 0 radical (unpaired) electrons. The van der Waals surface area contributed by atoms with Crippen LogP contribution in [-0.2, 0) is 9.59 Å². The van der Waals surface area contributed by atoms with Crippen LogP contribution in [0.2, 0.25) is 0 Å². The Balaban J connectivity index is 3.99. The highest BCUT2D eigenvalue weighted by atomic mass is 16.2. The van der Waals surface area contributed by atoms with Gasteiger partial charge in [-0.3, -0.25) is 9.59 Å². The Morgan fingerprint density at radius 2 is 2.27 bits per heavy atom. The third-order valence-corrected chi connectivity index (χ3v) is 1.12. The zero-order valence-electron chi connectivity index (χ0n) is 6.46. The maximum Gasteiger partial charge on any atom is 0.240 e. The first-order valence-corrected chi connectivity index (χ1v) is 3.25. The minimum atomic E-state index is -0.620. The predicted octanol–water partition coefficient (Wildman–Crippen LogP) is -0.448. The van der Waals surface area contributed by atoms with Gasteiger partial charge in [0, 0.05) is 6.92 Å². The normalized spacial score (nSPS) is 11.7. The zero-order valence-corrected chi connectivity index (χ0v) is 6.46. The number of carbonyl (C=O) groups excluding carboxylic acids is 2. The lowest BCUT2D eigenvalue weighted by atomic mass is 10.2. The summed E-state index contributed by atoms with van der Waals surface area (Å²) in [7, 11) is 0. The van der Waals surface area contributed by atoms with Gasteiger partial charge in [0.1, 0.15) is 6.04 Å². The van der Waals surface area contributed by atoms with Crippen LogP contribution in [0.1, 0.15) is 13.3 Å². The van der Waals surface area contributed by atoms with Crippen LogP contribution in [0.3, 0.4) is 0 Å². The van der Waals surface area contributed by atoms with Crippen LogP contribution in [0.5, 0.6) is 0 Å². The van der Waals surface area contributed by atoms with E-state index in [0.717, 1.165) is 0 Å². The number of hydrogen-bond donors (Lipinski definition) is 2. The van der Waals surface area contributed by atoms with E-state index in [1.54, 1.807) is 0 Å². The largest absolute Gasteiger partial charge is 0.368 e. The van der Waals surface area contributed by atoms with Gasteiger partial charge < -0.3 is 11.1 Å². The molecule has 0 saturated heterocycles. The third-order valence-electron chi connectivity index (χ3n) is 1.12. The average molecular weight is 156 g/mol. The molecular weight excluding hydrogens is 144 g/mol. The molecule has 0 aromatic carbocycles. The molecule has 2 amide bonds. The summed E-state index contributed by atoms with van der Waals surface area (Å²) in [6.07, 6.45) is 1.90. The summed E-state index contributed by atoms with van der Waals surface area (Å²) in [6.45, 7) is 4.76. The highest BCUT2D eigenvalue weighted by molar-refractivity contribution is 5.85. The molecule has 0 aromatic rings. The minimum absolute atomic E-state index is 0.268. The highest BCUT2D eigenvalue weighted by Crippen LogP contribution is 1.90.